The summed E-state index contributed by atoms with van der Waals surface area (Å²) >= 11 is 0. The smallest absolute Gasteiger partial charge is 0.407 e. The van der Waals surface area contributed by atoms with Gasteiger partial charge in [-0.3, -0.25) is 34.0 Å². The maximum Gasteiger partial charge on any atom is 0.407 e. The topological polar surface area (TPSA) is 208 Å². The Kier molecular flexibility index (Phi) is 13.2. The molecule has 54 heavy (non-hydrogen) atoms. The van der Waals surface area contributed by atoms with E-state index in [9.17, 15) is 19.2 Å². The maximum atomic E-state index is 12.8. The predicted molar refractivity (Wildman–Crippen MR) is 195 cm³/mol. The number of amides is 5. The van der Waals surface area contributed by atoms with Crippen molar-refractivity contribution in [1.82, 2.24) is 40.0 Å². The summed E-state index contributed by atoms with van der Waals surface area (Å²) < 4.78 is 26.0. The van der Waals surface area contributed by atoms with Gasteiger partial charge in [0.1, 0.15) is 17.6 Å². The van der Waals surface area contributed by atoms with Gasteiger partial charge in [-0.2, -0.15) is 10.2 Å². The van der Waals surface area contributed by atoms with E-state index in [2.05, 4.69) is 36.2 Å². The van der Waals surface area contributed by atoms with Gasteiger partial charge >= 0.3 is 12.1 Å². The number of urea groups is 1. The van der Waals surface area contributed by atoms with E-state index in [1.807, 2.05) is 36.4 Å². The number of nitrogens with zero attached hydrogens (tertiary/aromatic N) is 6. The Bertz CT molecular complexity index is 1890. The first-order chi connectivity index (χ1) is 26.2. The third-order valence-corrected chi connectivity index (χ3v) is 9.08. The van der Waals surface area contributed by atoms with E-state index in [0.29, 0.717) is 76.4 Å². The van der Waals surface area contributed by atoms with Gasteiger partial charge < -0.3 is 29.6 Å². The van der Waals surface area contributed by atoms with Crippen molar-refractivity contribution in [2.24, 2.45) is 0 Å². The summed E-state index contributed by atoms with van der Waals surface area (Å²) in [6.07, 6.45) is 10.2. The van der Waals surface area contributed by atoms with Crippen LogP contribution in [0, 0.1) is 0 Å². The normalized spacial score (nSPS) is 17.4. The number of ether oxygens (including phenoxy) is 4. The molecule has 0 bridgehead atoms. The summed E-state index contributed by atoms with van der Waals surface area (Å²) in [5.74, 6) is 0.671. The van der Waals surface area contributed by atoms with E-state index in [-0.39, 0.29) is 36.3 Å². The molecule has 0 unspecified atom stereocenters. The van der Waals surface area contributed by atoms with E-state index in [4.69, 9.17) is 18.9 Å². The number of aromatic nitrogens is 6. The molecule has 4 N–H and O–H groups in total. The zero-order chi connectivity index (χ0) is 37.9. The van der Waals surface area contributed by atoms with Crippen LogP contribution < -0.4 is 20.9 Å². The molecule has 18 nitrogen and oxygen atoms in total. The van der Waals surface area contributed by atoms with Crippen LogP contribution in [0.2, 0.25) is 0 Å². The molecule has 2 fully saturated rings. The highest BCUT2D eigenvalue weighted by Crippen LogP contribution is 2.36. The summed E-state index contributed by atoms with van der Waals surface area (Å²) in [5.41, 5.74) is 3.06. The fourth-order valence-electron chi connectivity index (χ4n) is 6.42. The molecule has 2 atom stereocenters. The summed E-state index contributed by atoms with van der Waals surface area (Å²) in [5, 5.41) is 19.4. The second-order valence-corrected chi connectivity index (χ2v) is 13.6. The third-order valence-electron chi connectivity index (χ3n) is 9.08. The van der Waals surface area contributed by atoms with Crippen molar-refractivity contribution in [3.8, 4) is 0 Å². The van der Waals surface area contributed by atoms with Gasteiger partial charge in [-0.25, -0.2) is 14.6 Å². The number of H-pyrrole nitrogens is 1. The van der Waals surface area contributed by atoms with Gasteiger partial charge in [0.15, 0.2) is 5.82 Å². The van der Waals surface area contributed by atoms with Crippen molar-refractivity contribution in [1.29, 1.82) is 0 Å². The minimum absolute atomic E-state index is 0.0187. The number of aryl methyl sites for hydroxylation is 1. The number of alkyl carbamates (subject to hydrolysis) is 1. The lowest BCUT2D eigenvalue weighted by atomic mass is 10.0. The SMILES string of the molecule is CC(C)NC(=O)O[C@@H]1CC[C@H](c2cc(NC(=O)c3cnn(CCOCCOCCOCCCc4cc(N5CCC(=O)NC5=O)n5ccnc5c4)c3)n[nH]2)C1. The molecule has 1 aliphatic heterocycles. The molecule has 0 spiro atoms. The van der Waals surface area contributed by atoms with Crippen molar-refractivity contribution in [3.63, 3.8) is 0 Å². The first-order valence-corrected chi connectivity index (χ1v) is 18.4. The van der Waals surface area contributed by atoms with Crippen LogP contribution >= 0.6 is 0 Å². The second kappa shape index (κ2) is 18.6. The van der Waals surface area contributed by atoms with Crippen molar-refractivity contribution in [2.75, 3.05) is 56.4 Å². The van der Waals surface area contributed by atoms with Gasteiger partial charge in [0.25, 0.3) is 5.91 Å². The molecule has 290 valence electrons. The van der Waals surface area contributed by atoms with Gasteiger partial charge in [0, 0.05) is 61.9 Å². The van der Waals surface area contributed by atoms with E-state index in [1.165, 1.54) is 6.20 Å². The van der Waals surface area contributed by atoms with Crippen LogP contribution in [-0.2, 0) is 36.7 Å². The summed E-state index contributed by atoms with van der Waals surface area (Å²) in [6.45, 7) is 7.26. The van der Waals surface area contributed by atoms with Gasteiger partial charge in [0.2, 0.25) is 5.91 Å². The van der Waals surface area contributed by atoms with E-state index in [1.54, 1.807) is 28.2 Å². The van der Waals surface area contributed by atoms with Crippen molar-refractivity contribution in [3.05, 3.63) is 59.8 Å². The molecule has 5 heterocycles. The zero-order valence-corrected chi connectivity index (χ0v) is 30.6. The van der Waals surface area contributed by atoms with Gasteiger partial charge in [-0.15, -0.1) is 0 Å². The van der Waals surface area contributed by atoms with E-state index >= 15 is 0 Å². The minimum Gasteiger partial charge on any atom is -0.446 e. The Hall–Kier alpha value is -5.33. The van der Waals surface area contributed by atoms with Gasteiger partial charge in [0.05, 0.1) is 51.3 Å². The van der Waals surface area contributed by atoms with Crippen LogP contribution in [0.15, 0.2) is 43.0 Å². The van der Waals surface area contributed by atoms with Gasteiger partial charge in [-0.1, -0.05) is 0 Å². The number of anilines is 2. The average Bonchev–Trinajstić information content (AvgIpc) is 3.96. The lowest BCUT2D eigenvalue weighted by Crippen LogP contribution is -2.50. The second-order valence-electron chi connectivity index (χ2n) is 13.6. The molecule has 1 saturated carbocycles. The zero-order valence-electron chi connectivity index (χ0n) is 30.6. The lowest BCUT2D eigenvalue weighted by molar-refractivity contribution is -0.120. The molecule has 0 aromatic carbocycles. The Labute approximate surface area is 312 Å². The lowest BCUT2D eigenvalue weighted by Gasteiger charge is -2.27. The number of nitrogens with one attached hydrogen (secondary N) is 4. The van der Waals surface area contributed by atoms with Crippen LogP contribution in [0.3, 0.4) is 0 Å². The van der Waals surface area contributed by atoms with Crippen LogP contribution in [0.4, 0.5) is 21.2 Å². The monoisotopic (exact) mass is 748 g/mol. The molecule has 4 aromatic rings. The molecular weight excluding hydrogens is 700 g/mol. The molecule has 6 rings (SSSR count). The molecule has 4 aromatic heterocycles. The summed E-state index contributed by atoms with van der Waals surface area (Å²) in [4.78, 5) is 54.7. The number of rotatable bonds is 19. The summed E-state index contributed by atoms with van der Waals surface area (Å²) in [7, 11) is 0. The standard InChI is InChI=1S/C36H48N10O8/c1-24(2)39-36(50)54-28-6-5-26(20-28)29-21-30(43-42-29)40-34(48)27-22-38-44(23-27)11-13-52-15-17-53-16-14-51-12-3-4-25-18-31-37-8-10-45(31)33(19-25)46-9-7-32(47)41-35(46)49/h8,10,18-19,21-24,26,28H,3-7,9,11-17,20H2,1-2H3,(H,39,50)(H,41,47,49)(H2,40,42,43,48)/t26-,28+/m0/s1. The average molecular weight is 749 g/mol. The number of hydrogen-bond acceptors (Lipinski definition) is 11. The fraction of sp³-hybridized carbons (Fsp3) is 0.528. The Morgan fingerprint density at radius 2 is 1.81 bits per heavy atom. The molecule has 1 aliphatic carbocycles. The van der Waals surface area contributed by atoms with E-state index in [0.717, 1.165) is 42.6 Å². The maximum absolute atomic E-state index is 12.8. The van der Waals surface area contributed by atoms with Crippen LogP contribution in [0.1, 0.15) is 73.5 Å². The Morgan fingerprint density at radius 1 is 1.02 bits per heavy atom. The van der Waals surface area contributed by atoms with Crippen LogP contribution in [0.5, 0.6) is 0 Å². The molecule has 0 radical (unpaired) electrons. The number of carbonyl (C=O) groups is 4. The third kappa shape index (κ3) is 10.6. The highest BCUT2D eigenvalue weighted by Gasteiger charge is 2.30. The molecule has 2 aliphatic rings. The van der Waals surface area contributed by atoms with Crippen LogP contribution in [-0.4, -0.2) is 112 Å². The summed E-state index contributed by atoms with van der Waals surface area (Å²) in [6, 6.07) is 5.35. The largest absolute Gasteiger partial charge is 0.446 e. The number of aromatic amines is 1. The molecular formula is C36H48N10O8. The predicted octanol–water partition coefficient (Wildman–Crippen LogP) is 3.41. The van der Waals surface area contributed by atoms with Crippen molar-refractivity contribution >= 4 is 41.2 Å². The number of imidazole rings is 1. The molecule has 18 heteroatoms. The quantitative estimate of drug-likeness (QED) is 0.102. The number of carbonyl (C=O) groups excluding carboxylic acids is 4. The van der Waals surface area contributed by atoms with Crippen molar-refractivity contribution < 1.29 is 38.1 Å². The highest BCUT2D eigenvalue weighted by molar-refractivity contribution is 6.05. The minimum atomic E-state index is -0.431. The number of pyridine rings is 1. The first kappa shape index (κ1) is 38.4. The molecule has 5 amide bonds. The number of imide groups is 1. The first-order valence-electron chi connectivity index (χ1n) is 18.4. The van der Waals surface area contributed by atoms with Crippen LogP contribution in [0.25, 0.3) is 5.65 Å². The number of hydrogen-bond donors (Lipinski definition) is 4. The number of fused-ring (bicyclic) bond motifs is 1. The molecule has 1 saturated heterocycles. The van der Waals surface area contributed by atoms with E-state index < -0.39 is 12.1 Å². The van der Waals surface area contributed by atoms with Crippen molar-refractivity contribution in [2.45, 2.75) is 77.0 Å². The van der Waals surface area contributed by atoms with Gasteiger partial charge in [-0.05, 0) is 63.6 Å². The fourth-order valence-corrected chi connectivity index (χ4v) is 6.42. The highest BCUT2D eigenvalue weighted by atomic mass is 16.6. The Morgan fingerprint density at radius 3 is 2.61 bits per heavy atom. The Balaban J connectivity index is 0.799.